The number of rotatable bonds is 7. The van der Waals surface area contributed by atoms with Gasteiger partial charge in [-0.25, -0.2) is 0 Å². The molecule has 4 heteroatoms. The van der Waals surface area contributed by atoms with Crippen LogP contribution < -0.4 is 15.8 Å². The molecule has 140 valence electrons. The lowest BCUT2D eigenvalue weighted by atomic mass is 9.94. The van der Waals surface area contributed by atoms with Gasteiger partial charge in [0, 0.05) is 17.8 Å². The first kappa shape index (κ1) is 21.5. The Hall–Kier alpha value is -2.59. The average molecular weight is 354 g/mol. The second kappa shape index (κ2) is 11.9. The fourth-order valence-corrected chi connectivity index (χ4v) is 2.37. The third kappa shape index (κ3) is 7.53. The fourth-order valence-electron chi connectivity index (χ4n) is 2.37. The van der Waals surface area contributed by atoms with E-state index >= 15 is 0 Å². The lowest BCUT2D eigenvalue weighted by Gasteiger charge is -2.16. The van der Waals surface area contributed by atoms with Crippen molar-refractivity contribution in [1.82, 2.24) is 0 Å². The summed E-state index contributed by atoms with van der Waals surface area (Å²) >= 11 is 0. The second-order valence-electron chi connectivity index (χ2n) is 5.82. The number of anilines is 1. The van der Waals surface area contributed by atoms with Crippen molar-refractivity contribution in [2.75, 3.05) is 12.4 Å². The van der Waals surface area contributed by atoms with E-state index in [1.165, 1.54) is 11.6 Å². The molecule has 3 N–H and O–H groups in total. The lowest BCUT2D eigenvalue weighted by Crippen LogP contribution is -2.27. The Labute approximate surface area is 157 Å². The average Bonchev–Trinajstić information content (AvgIpc) is 2.69. The van der Waals surface area contributed by atoms with Gasteiger partial charge in [-0.15, -0.1) is 0 Å². The molecule has 0 aliphatic carbocycles. The van der Waals surface area contributed by atoms with Crippen molar-refractivity contribution in [3.05, 3.63) is 72.3 Å². The molecule has 2 rings (SSSR count). The van der Waals surface area contributed by atoms with Crippen LogP contribution in [0.5, 0.6) is 5.75 Å². The van der Waals surface area contributed by atoms with E-state index in [9.17, 15) is 4.79 Å². The predicted molar refractivity (Wildman–Crippen MR) is 109 cm³/mol. The van der Waals surface area contributed by atoms with Crippen LogP contribution in [0.1, 0.15) is 26.3 Å². The zero-order chi connectivity index (χ0) is 19.4. The van der Waals surface area contributed by atoms with E-state index in [0.29, 0.717) is 0 Å². The molecule has 0 saturated carbocycles. The number of carbonyl (C=O) groups excluding carboxylic acids is 1. The van der Waals surface area contributed by atoms with E-state index in [-0.39, 0.29) is 17.9 Å². The van der Waals surface area contributed by atoms with Crippen molar-refractivity contribution in [2.24, 2.45) is 11.7 Å². The zero-order valence-corrected chi connectivity index (χ0v) is 16.1. The maximum atomic E-state index is 12.0. The van der Waals surface area contributed by atoms with Gasteiger partial charge in [0.25, 0.3) is 0 Å². The second-order valence-corrected chi connectivity index (χ2v) is 5.82. The number of carbonyl (C=O) groups is 1. The minimum absolute atomic E-state index is 0.174. The van der Waals surface area contributed by atoms with Crippen LogP contribution in [-0.4, -0.2) is 19.1 Å². The summed E-state index contributed by atoms with van der Waals surface area (Å²) in [5.74, 6) is 0.806. The number of methoxy groups -OCH3 is 1. The van der Waals surface area contributed by atoms with Gasteiger partial charge in [-0.2, -0.15) is 0 Å². The first-order valence-electron chi connectivity index (χ1n) is 9.01. The molecule has 0 aliphatic heterocycles. The van der Waals surface area contributed by atoms with Gasteiger partial charge < -0.3 is 15.8 Å². The highest BCUT2D eigenvalue weighted by Crippen LogP contribution is 2.15. The Balaban J connectivity index is 0.00000163. The summed E-state index contributed by atoms with van der Waals surface area (Å²) < 4.78 is 5.09. The van der Waals surface area contributed by atoms with Crippen LogP contribution in [0.15, 0.2) is 66.7 Å². The van der Waals surface area contributed by atoms with Crippen molar-refractivity contribution in [3.8, 4) is 5.75 Å². The van der Waals surface area contributed by atoms with E-state index in [1.807, 2.05) is 32.0 Å². The van der Waals surface area contributed by atoms with Crippen LogP contribution in [-0.2, 0) is 11.2 Å². The molecule has 2 aromatic carbocycles. The molecular weight excluding hydrogens is 324 g/mol. The summed E-state index contributed by atoms with van der Waals surface area (Å²) in [6.45, 7) is 6.09. The van der Waals surface area contributed by atoms with Gasteiger partial charge in [-0.05, 0) is 42.2 Å². The highest BCUT2D eigenvalue weighted by Gasteiger charge is 2.11. The van der Waals surface area contributed by atoms with E-state index < -0.39 is 0 Å². The van der Waals surface area contributed by atoms with Crippen molar-refractivity contribution in [2.45, 2.75) is 33.2 Å². The molecule has 0 saturated heterocycles. The number of benzene rings is 2. The van der Waals surface area contributed by atoms with E-state index in [0.717, 1.165) is 17.9 Å². The molecule has 4 nitrogen and oxygen atoms in total. The highest BCUT2D eigenvalue weighted by molar-refractivity contribution is 5.99. The van der Waals surface area contributed by atoms with Crippen LogP contribution in [0.25, 0.3) is 0 Å². The molecule has 0 bridgehead atoms. The highest BCUT2D eigenvalue weighted by atomic mass is 16.5. The summed E-state index contributed by atoms with van der Waals surface area (Å²) in [7, 11) is 1.61. The van der Waals surface area contributed by atoms with Gasteiger partial charge in [0.05, 0.1) is 7.11 Å². The molecule has 2 aromatic rings. The monoisotopic (exact) mass is 354 g/mol. The van der Waals surface area contributed by atoms with Crippen molar-refractivity contribution < 1.29 is 9.53 Å². The molecule has 1 unspecified atom stereocenters. The first-order valence-corrected chi connectivity index (χ1v) is 9.01. The van der Waals surface area contributed by atoms with Crippen LogP contribution in [0.3, 0.4) is 0 Å². The molecule has 0 heterocycles. The van der Waals surface area contributed by atoms with E-state index in [4.69, 9.17) is 10.5 Å². The van der Waals surface area contributed by atoms with Gasteiger partial charge in [0.15, 0.2) is 0 Å². The van der Waals surface area contributed by atoms with Gasteiger partial charge in [0.2, 0.25) is 5.91 Å². The molecule has 0 aromatic heterocycles. The van der Waals surface area contributed by atoms with Gasteiger partial charge in [0.1, 0.15) is 5.75 Å². The molecule has 0 radical (unpaired) electrons. The normalized spacial score (nSPS) is 12.7. The Kier molecular flexibility index (Phi) is 9.80. The summed E-state index contributed by atoms with van der Waals surface area (Å²) in [4.78, 5) is 12.0. The van der Waals surface area contributed by atoms with Crippen LogP contribution in [0.2, 0.25) is 0 Å². The summed E-state index contributed by atoms with van der Waals surface area (Å²) in [6.07, 6.45) is 4.13. The van der Waals surface area contributed by atoms with Crippen molar-refractivity contribution in [1.29, 1.82) is 0 Å². The molecule has 0 spiro atoms. The molecular formula is C22H30N2O2. The largest absolute Gasteiger partial charge is 0.497 e. The van der Waals surface area contributed by atoms with Gasteiger partial charge >= 0.3 is 0 Å². The topological polar surface area (TPSA) is 64.3 Å². The zero-order valence-electron chi connectivity index (χ0n) is 16.1. The number of nitrogens with one attached hydrogen (secondary N) is 1. The Morgan fingerprint density at radius 2 is 1.73 bits per heavy atom. The number of hydrogen-bond donors (Lipinski definition) is 2. The third-order valence-electron chi connectivity index (χ3n) is 3.88. The standard InChI is InChI=1S/C20H24N2O2.C2H6/c1-15(14-16-6-4-3-5-7-16)19(21)12-13-20(23)22-17-8-10-18(24-2)11-9-17;1-2/h3-13,15,19H,14,21H2,1-2H3,(H,22,23);1-2H3/b13-12+;/t15?,19-;/m1./s1. The van der Waals surface area contributed by atoms with Crippen LogP contribution >= 0.6 is 0 Å². The Bertz CT molecular complexity index is 666. The third-order valence-corrected chi connectivity index (χ3v) is 3.88. The first-order chi connectivity index (χ1) is 12.6. The molecule has 0 aliphatic rings. The van der Waals surface area contributed by atoms with E-state index in [1.54, 1.807) is 37.5 Å². The summed E-state index contributed by atoms with van der Waals surface area (Å²) in [5.41, 5.74) is 8.13. The van der Waals surface area contributed by atoms with Gasteiger partial charge in [-0.3, -0.25) is 4.79 Å². The number of nitrogens with two attached hydrogens (primary N) is 1. The molecule has 0 fully saturated rings. The van der Waals surface area contributed by atoms with E-state index in [2.05, 4.69) is 24.4 Å². The lowest BCUT2D eigenvalue weighted by molar-refractivity contribution is -0.111. The Morgan fingerprint density at radius 3 is 2.31 bits per heavy atom. The smallest absolute Gasteiger partial charge is 0.248 e. The predicted octanol–water partition coefficient (Wildman–Crippen LogP) is 4.42. The minimum atomic E-state index is -0.192. The minimum Gasteiger partial charge on any atom is -0.497 e. The number of ether oxygens (including phenoxy) is 1. The maximum absolute atomic E-state index is 12.0. The summed E-state index contributed by atoms with van der Waals surface area (Å²) in [6, 6.07) is 17.2. The number of hydrogen-bond acceptors (Lipinski definition) is 3. The molecule has 2 atom stereocenters. The molecule has 26 heavy (non-hydrogen) atoms. The van der Waals surface area contributed by atoms with Crippen LogP contribution in [0.4, 0.5) is 5.69 Å². The summed E-state index contributed by atoms with van der Waals surface area (Å²) in [5, 5.41) is 2.80. The fraction of sp³-hybridized carbons (Fsp3) is 0.318. The maximum Gasteiger partial charge on any atom is 0.248 e. The SMILES string of the molecule is CC.COc1ccc(NC(=O)/C=C/[C@@H](N)C(C)Cc2ccccc2)cc1. The van der Waals surface area contributed by atoms with Gasteiger partial charge in [-0.1, -0.05) is 57.2 Å². The Morgan fingerprint density at radius 1 is 1.12 bits per heavy atom. The molecule has 1 amide bonds. The van der Waals surface area contributed by atoms with Crippen LogP contribution in [0, 0.1) is 5.92 Å². The quantitative estimate of drug-likeness (QED) is 0.723. The van der Waals surface area contributed by atoms with Crippen molar-refractivity contribution in [3.63, 3.8) is 0 Å². The number of amides is 1. The van der Waals surface area contributed by atoms with Crippen molar-refractivity contribution >= 4 is 11.6 Å².